The highest BCUT2D eigenvalue weighted by Crippen LogP contribution is 2.25. The fourth-order valence-electron chi connectivity index (χ4n) is 3.30. The number of carbonyl (C=O) groups is 1. The lowest BCUT2D eigenvalue weighted by Crippen LogP contribution is -2.42. The number of carbonyl (C=O) groups excluding carboxylic acids is 1. The quantitative estimate of drug-likeness (QED) is 0.555. The van der Waals surface area contributed by atoms with Gasteiger partial charge in [-0.15, -0.1) is 0 Å². The van der Waals surface area contributed by atoms with Crippen molar-refractivity contribution in [2.24, 2.45) is 5.92 Å². The van der Waals surface area contributed by atoms with Crippen molar-refractivity contribution in [3.63, 3.8) is 0 Å². The van der Waals surface area contributed by atoms with E-state index < -0.39 is 10.0 Å². The fourth-order valence-corrected chi connectivity index (χ4v) is 4.74. The van der Waals surface area contributed by atoms with Crippen LogP contribution in [0.15, 0.2) is 53.4 Å². The Hall–Kier alpha value is -2.34. The third-order valence-corrected chi connectivity index (χ3v) is 7.32. The summed E-state index contributed by atoms with van der Waals surface area (Å²) in [5.41, 5.74) is 2.55. The molecule has 1 amide bonds. The van der Waals surface area contributed by atoms with Gasteiger partial charge in [0.1, 0.15) is 6.54 Å². The van der Waals surface area contributed by atoms with Gasteiger partial charge in [-0.25, -0.2) is 8.42 Å². The second-order valence-electron chi connectivity index (χ2n) is 7.81. The summed E-state index contributed by atoms with van der Waals surface area (Å²) in [6.07, 6.45) is 4.31. The number of nitrogens with zero attached hydrogens (tertiary/aromatic N) is 1. The minimum atomic E-state index is -3.86. The third-order valence-electron chi connectivity index (χ3n) is 5.53. The predicted octanol–water partition coefficient (Wildman–Crippen LogP) is 4.83. The van der Waals surface area contributed by atoms with E-state index in [9.17, 15) is 13.2 Å². The van der Waals surface area contributed by atoms with Crippen molar-refractivity contribution in [1.29, 1.82) is 0 Å². The Bertz CT molecular complexity index is 927. The molecule has 1 atom stereocenters. The average molecular weight is 431 g/mol. The van der Waals surface area contributed by atoms with Gasteiger partial charge in [-0.05, 0) is 61.6 Å². The van der Waals surface area contributed by atoms with Crippen LogP contribution in [-0.2, 0) is 14.8 Å². The zero-order chi connectivity index (χ0) is 22.1. The van der Waals surface area contributed by atoms with E-state index in [0.29, 0.717) is 18.2 Å². The molecule has 2 aromatic carbocycles. The second-order valence-corrected chi connectivity index (χ2v) is 9.68. The maximum Gasteiger partial charge on any atom is 0.264 e. The molecule has 0 aliphatic rings. The van der Waals surface area contributed by atoms with E-state index in [0.717, 1.165) is 36.8 Å². The number of hydrogen-bond donors (Lipinski definition) is 1. The molecule has 2 rings (SSSR count). The minimum Gasteiger partial charge on any atom is -0.354 e. The first-order chi connectivity index (χ1) is 14.3. The van der Waals surface area contributed by atoms with E-state index in [4.69, 9.17) is 0 Å². The molecular weight excluding hydrogens is 396 g/mol. The summed E-state index contributed by atoms with van der Waals surface area (Å²) < 4.78 is 27.9. The predicted molar refractivity (Wildman–Crippen MR) is 123 cm³/mol. The molecule has 0 heterocycles. The Balaban J connectivity index is 2.26. The zero-order valence-corrected chi connectivity index (χ0v) is 19.3. The fraction of sp³-hybridized carbons (Fsp3) is 0.458. The number of sulfonamides is 1. The molecule has 6 heteroatoms. The molecule has 0 saturated carbocycles. The molecule has 2 aromatic rings. The third kappa shape index (κ3) is 6.33. The lowest BCUT2D eigenvalue weighted by molar-refractivity contribution is -0.119. The number of hydrogen-bond acceptors (Lipinski definition) is 3. The van der Waals surface area contributed by atoms with Crippen molar-refractivity contribution in [1.82, 2.24) is 5.32 Å². The SMILES string of the molecule is CCCC[C@H](CC)CNC(=O)CN(c1ccc(C)c(C)c1)S(=O)(=O)c1ccccc1. The van der Waals surface area contributed by atoms with Crippen molar-refractivity contribution in [2.75, 3.05) is 17.4 Å². The second kappa shape index (κ2) is 11.2. The summed E-state index contributed by atoms with van der Waals surface area (Å²) in [6, 6.07) is 13.7. The van der Waals surface area contributed by atoms with Crippen LogP contribution in [0.2, 0.25) is 0 Å². The van der Waals surface area contributed by atoms with Crippen LogP contribution in [0.25, 0.3) is 0 Å². The Morgan fingerprint density at radius 1 is 1.03 bits per heavy atom. The van der Waals surface area contributed by atoms with Crippen LogP contribution in [-0.4, -0.2) is 27.4 Å². The lowest BCUT2D eigenvalue weighted by atomic mass is 9.99. The van der Waals surface area contributed by atoms with Crippen molar-refractivity contribution < 1.29 is 13.2 Å². The average Bonchev–Trinajstić information content (AvgIpc) is 2.74. The van der Waals surface area contributed by atoms with Crippen LogP contribution in [0, 0.1) is 19.8 Å². The maximum atomic E-state index is 13.3. The van der Waals surface area contributed by atoms with Gasteiger partial charge in [0.2, 0.25) is 5.91 Å². The molecule has 1 N–H and O–H groups in total. The van der Waals surface area contributed by atoms with Crippen LogP contribution >= 0.6 is 0 Å². The summed E-state index contributed by atoms with van der Waals surface area (Å²) in [5, 5.41) is 2.95. The number of unbranched alkanes of at least 4 members (excludes halogenated alkanes) is 1. The van der Waals surface area contributed by atoms with Gasteiger partial charge in [0.25, 0.3) is 10.0 Å². The Morgan fingerprint density at radius 2 is 1.73 bits per heavy atom. The largest absolute Gasteiger partial charge is 0.354 e. The minimum absolute atomic E-state index is 0.172. The molecule has 0 aromatic heterocycles. The highest BCUT2D eigenvalue weighted by Gasteiger charge is 2.27. The molecule has 5 nitrogen and oxygen atoms in total. The summed E-state index contributed by atoms with van der Waals surface area (Å²) in [4.78, 5) is 12.9. The number of amides is 1. The van der Waals surface area contributed by atoms with Gasteiger partial charge >= 0.3 is 0 Å². The maximum absolute atomic E-state index is 13.3. The normalized spacial score (nSPS) is 12.4. The molecule has 0 radical (unpaired) electrons. The van der Waals surface area contributed by atoms with Gasteiger partial charge in [0.15, 0.2) is 0 Å². The van der Waals surface area contributed by atoms with E-state index in [1.807, 2.05) is 26.0 Å². The van der Waals surface area contributed by atoms with E-state index >= 15 is 0 Å². The van der Waals surface area contributed by atoms with Gasteiger partial charge in [-0.1, -0.05) is 57.4 Å². The molecule has 0 saturated heterocycles. The van der Waals surface area contributed by atoms with Crippen molar-refractivity contribution in [3.05, 3.63) is 59.7 Å². The van der Waals surface area contributed by atoms with E-state index in [-0.39, 0.29) is 17.3 Å². The molecule has 0 aliphatic heterocycles. The topological polar surface area (TPSA) is 66.5 Å². The molecular formula is C24H34N2O3S. The van der Waals surface area contributed by atoms with Crippen LogP contribution < -0.4 is 9.62 Å². The summed E-state index contributed by atoms with van der Waals surface area (Å²) in [6.45, 7) is 8.51. The van der Waals surface area contributed by atoms with Crippen LogP contribution in [0.4, 0.5) is 5.69 Å². The summed E-state index contributed by atoms with van der Waals surface area (Å²) >= 11 is 0. The van der Waals surface area contributed by atoms with Gasteiger partial charge < -0.3 is 5.32 Å². The Labute approximate surface area is 181 Å². The Morgan fingerprint density at radius 3 is 2.33 bits per heavy atom. The van der Waals surface area contributed by atoms with E-state index in [1.165, 1.54) is 4.31 Å². The first-order valence-electron chi connectivity index (χ1n) is 10.7. The molecule has 0 aliphatic carbocycles. The molecule has 0 bridgehead atoms. The standard InChI is InChI=1S/C24H34N2O3S/c1-5-7-11-21(6-2)17-25-24(27)18-26(22-15-14-19(3)20(4)16-22)30(28,29)23-12-9-8-10-13-23/h8-10,12-16,21H,5-7,11,17-18H2,1-4H3,(H,25,27)/t21-/m0/s1. The van der Waals surface area contributed by atoms with Gasteiger partial charge in [-0.2, -0.15) is 0 Å². The van der Waals surface area contributed by atoms with Crippen molar-refractivity contribution in [3.8, 4) is 0 Å². The number of rotatable bonds is 11. The van der Waals surface area contributed by atoms with Crippen LogP contribution in [0.5, 0.6) is 0 Å². The number of aryl methyl sites for hydroxylation is 2. The molecule has 0 unspecified atom stereocenters. The number of anilines is 1. The molecule has 0 fully saturated rings. The van der Waals surface area contributed by atoms with Crippen molar-refractivity contribution in [2.45, 2.75) is 58.3 Å². The smallest absolute Gasteiger partial charge is 0.264 e. The molecule has 30 heavy (non-hydrogen) atoms. The lowest BCUT2D eigenvalue weighted by Gasteiger charge is -2.25. The van der Waals surface area contributed by atoms with Gasteiger partial charge in [0.05, 0.1) is 10.6 Å². The highest BCUT2D eigenvalue weighted by atomic mass is 32.2. The molecule has 164 valence electrons. The van der Waals surface area contributed by atoms with Crippen LogP contribution in [0.3, 0.4) is 0 Å². The summed E-state index contributed by atoms with van der Waals surface area (Å²) in [5.74, 6) is 0.123. The first-order valence-corrected chi connectivity index (χ1v) is 12.1. The van der Waals surface area contributed by atoms with Crippen molar-refractivity contribution >= 4 is 21.6 Å². The molecule has 0 spiro atoms. The van der Waals surface area contributed by atoms with Gasteiger partial charge in [-0.3, -0.25) is 9.10 Å². The van der Waals surface area contributed by atoms with Crippen LogP contribution in [0.1, 0.15) is 50.7 Å². The number of benzene rings is 2. The monoisotopic (exact) mass is 430 g/mol. The highest BCUT2D eigenvalue weighted by molar-refractivity contribution is 7.92. The van der Waals surface area contributed by atoms with E-state index in [1.54, 1.807) is 36.4 Å². The Kier molecular flexibility index (Phi) is 8.90. The van der Waals surface area contributed by atoms with E-state index in [2.05, 4.69) is 19.2 Å². The number of nitrogens with one attached hydrogen (secondary N) is 1. The summed E-state index contributed by atoms with van der Waals surface area (Å²) in [7, 11) is -3.86. The zero-order valence-electron chi connectivity index (χ0n) is 18.5. The first kappa shape index (κ1) is 23.9. The van der Waals surface area contributed by atoms with Gasteiger partial charge in [0, 0.05) is 6.54 Å².